The maximum Gasteiger partial charge on any atom is 0.268 e. The van der Waals surface area contributed by atoms with Crippen molar-refractivity contribution in [3.05, 3.63) is 66.2 Å². The van der Waals surface area contributed by atoms with Gasteiger partial charge in [-0.15, -0.1) is 0 Å². The van der Waals surface area contributed by atoms with Crippen LogP contribution in [0.4, 0.5) is 0 Å². The Balaban J connectivity index is 2.13. The van der Waals surface area contributed by atoms with Gasteiger partial charge in [-0.2, -0.15) is 4.99 Å². The summed E-state index contributed by atoms with van der Waals surface area (Å²) in [6.45, 7) is 2.06. The lowest BCUT2D eigenvalue weighted by atomic mass is 10.1. The summed E-state index contributed by atoms with van der Waals surface area (Å²) in [5.74, 6) is 0.0874. The number of hydrogen-bond acceptors (Lipinski definition) is 2. The van der Waals surface area contributed by atoms with E-state index in [0.29, 0.717) is 0 Å². The van der Waals surface area contributed by atoms with Crippen LogP contribution in [0.1, 0.15) is 5.56 Å². The molecule has 2 aromatic carbocycles. The van der Waals surface area contributed by atoms with E-state index in [1.54, 1.807) is 7.11 Å². The number of aromatic nitrogens is 1. The highest BCUT2D eigenvalue weighted by Crippen LogP contribution is 2.31. The van der Waals surface area contributed by atoms with E-state index in [0.717, 1.165) is 33.8 Å². The molecule has 0 bridgehead atoms. The van der Waals surface area contributed by atoms with Crippen molar-refractivity contribution in [3.63, 3.8) is 0 Å². The molecule has 0 aliphatic rings. The fourth-order valence-electron chi connectivity index (χ4n) is 3.04. The SMILES string of the molecule is COc1cccc(-c2ccc(-c3cccc(C)c3)n2CC(=O)N=C(N)N)c1. The molecule has 3 aromatic rings. The molecule has 0 aliphatic heterocycles. The summed E-state index contributed by atoms with van der Waals surface area (Å²) in [4.78, 5) is 15.9. The molecule has 0 radical (unpaired) electrons. The number of amides is 1. The number of aliphatic imine (C=N–C) groups is 1. The Morgan fingerprint density at radius 2 is 1.63 bits per heavy atom. The number of benzene rings is 2. The van der Waals surface area contributed by atoms with E-state index in [1.807, 2.05) is 66.1 Å². The molecular weight excluding hydrogens is 340 g/mol. The Labute approximate surface area is 158 Å². The van der Waals surface area contributed by atoms with Crippen LogP contribution in [0.2, 0.25) is 0 Å². The minimum atomic E-state index is -0.413. The van der Waals surface area contributed by atoms with E-state index in [4.69, 9.17) is 16.2 Å². The highest BCUT2D eigenvalue weighted by molar-refractivity contribution is 5.92. The zero-order chi connectivity index (χ0) is 19.4. The number of guanidine groups is 1. The van der Waals surface area contributed by atoms with Crippen LogP contribution >= 0.6 is 0 Å². The van der Waals surface area contributed by atoms with Gasteiger partial charge >= 0.3 is 0 Å². The molecular formula is C21H22N4O2. The topological polar surface area (TPSA) is 95.6 Å². The van der Waals surface area contributed by atoms with Crippen LogP contribution in [0.5, 0.6) is 5.75 Å². The van der Waals surface area contributed by atoms with E-state index in [9.17, 15) is 4.79 Å². The Hall–Kier alpha value is -3.54. The number of nitrogens with two attached hydrogens (primary N) is 2. The molecule has 0 unspecified atom stereocenters. The smallest absolute Gasteiger partial charge is 0.268 e. The second-order valence-electron chi connectivity index (χ2n) is 6.22. The fourth-order valence-corrected chi connectivity index (χ4v) is 3.04. The van der Waals surface area contributed by atoms with E-state index < -0.39 is 5.91 Å². The van der Waals surface area contributed by atoms with Crippen LogP contribution in [0.3, 0.4) is 0 Å². The first-order chi connectivity index (χ1) is 13.0. The summed E-state index contributed by atoms with van der Waals surface area (Å²) in [6.07, 6.45) is 0. The van der Waals surface area contributed by atoms with Crippen LogP contribution < -0.4 is 16.2 Å². The highest BCUT2D eigenvalue weighted by Gasteiger charge is 2.15. The van der Waals surface area contributed by atoms with Crippen molar-refractivity contribution in [1.82, 2.24) is 4.57 Å². The zero-order valence-electron chi connectivity index (χ0n) is 15.3. The third-order valence-corrected chi connectivity index (χ3v) is 4.21. The third kappa shape index (κ3) is 4.17. The van der Waals surface area contributed by atoms with Gasteiger partial charge in [0.2, 0.25) is 0 Å². The number of hydrogen-bond donors (Lipinski definition) is 2. The first-order valence-corrected chi connectivity index (χ1v) is 8.51. The molecule has 0 saturated carbocycles. The summed E-state index contributed by atoms with van der Waals surface area (Å²) >= 11 is 0. The van der Waals surface area contributed by atoms with E-state index >= 15 is 0 Å². The first-order valence-electron chi connectivity index (χ1n) is 8.51. The molecule has 1 heterocycles. The predicted octanol–water partition coefficient (Wildman–Crippen LogP) is 2.94. The zero-order valence-corrected chi connectivity index (χ0v) is 15.3. The number of carbonyl (C=O) groups excluding carboxylic acids is 1. The first kappa shape index (κ1) is 18.3. The Morgan fingerprint density at radius 1 is 1.00 bits per heavy atom. The van der Waals surface area contributed by atoms with Crippen molar-refractivity contribution >= 4 is 11.9 Å². The van der Waals surface area contributed by atoms with Gasteiger partial charge in [0, 0.05) is 17.0 Å². The van der Waals surface area contributed by atoms with Gasteiger partial charge in [-0.3, -0.25) is 4.79 Å². The van der Waals surface area contributed by atoms with Crippen LogP contribution in [0, 0.1) is 6.92 Å². The van der Waals surface area contributed by atoms with Crippen LogP contribution in [0.15, 0.2) is 65.7 Å². The largest absolute Gasteiger partial charge is 0.497 e. The Morgan fingerprint density at radius 3 is 2.22 bits per heavy atom. The number of methoxy groups -OCH3 is 1. The van der Waals surface area contributed by atoms with Crippen molar-refractivity contribution in [2.45, 2.75) is 13.5 Å². The van der Waals surface area contributed by atoms with Crippen molar-refractivity contribution < 1.29 is 9.53 Å². The standard InChI is InChI=1S/C21H22N4O2/c1-14-5-3-6-15(11-14)18-9-10-19(16-7-4-8-17(12-16)27-2)25(18)13-20(26)24-21(22)23/h3-12H,13H2,1-2H3,(H4,22,23,24,26). The van der Waals surface area contributed by atoms with Crippen LogP contribution in [0.25, 0.3) is 22.5 Å². The van der Waals surface area contributed by atoms with Gasteiger partial charge in [0.1, 0.15) is 12.3 Å². The molecule has 1 amide bonds. The van der Waals surface area contributed by atoms with Crippen molar-refractivity contribution in [3.8, 4) is 28.3 Å². The van der Waals surface area contributed by atoms with Gasteiger partial charge in [0.05, 0.1) is 7.11 Å². The van der Waals surface area contributed by atoms with E-state index in [2.05, 4.69) is 11.1 Å². The monoisotopic (exact) mass is 362 g/mol. The van der Waals surface area contributed by atoms with Gasteiger partial charge in [-0.25, -0.2) is 0 Å². The molecule has 0 aliphatic carbocycles. The summed E-state index contributed by atoms with van der Waals surface area (Å²) in [7, 11) is 1.62. The molecule has 0 saturated heterocycles. The third-order valence-electron chi connectivity index (χ3n) is 4.21. The van der Waals surface area contributed by atoms with Gasteiger partial charge in [-0.1, -0.05) is 35.9 Å². The number of ether oxygens (including phenoxy) is 1. The van der Waals surface area contributed by atoms with Gasteiger partial charge in [0.25, 0.3) is 5.91 Å². The number of rotatable bonds is 5. The normalized spacial score (nSPS) is 10.4. The maximum absolute atomic E-state index is 12.3. The highest BCUT2D eigenvalue weighted by atomic mass is 16.5. The number of aryl methyl sites for hydroxylation is 1. The molecule has 1 aromatic heterocycles. The van der Waals surface area contributed by atoms with Gasteiger partial charge in [0.15, 0.2) is 5.96 Å². The fraction of sp³-hybridized carbons (Fsp3) is 0.143. The second-order valence-corrected chi connectivity index (χ2v) is 6.22. The van der Waals surface area contributed by atoms with Crippen molar-refractivity contribution in [1.29, 1.82) is 0 Å². The average Bonchev–Trinajstić information content (AvgIpc) is 3.04. The molecule has 6 heteroatoms. The molecule has 0 fully saturated rings. The maximum atomic E-state index is 12.3. The van der Waals surface area contributed by atoms with Crippen molar-refractivity contribution in [2.24, 2.45) is 16.5 Å². The summed E-state index contributed by atoms with van der Waals surface area (Å²) in [5, 5.41) is 0. The van der Waals surface area contributed by atoms with Gasteiger partial charge in [-0.05, 0) is 42.8 Å². The number of nitrogens with zero attached hydrogens (tertiary/aromatic N) is 2. The minimum Gasteiger partial charge on any atom is -0.497 e. The van der Waals surface area contributed by atoms with E-state index in [-0.39, 0.29) is 12.5 Å². The molecule has 138 valence electrons. The predicted molar refractivity (Wildman–Crippen MR) is 107 cm³/mol. The summed E-state index contributed by atoms with van der Waals surface area (Å²) in [5.41, 5.74) is 15.6. The molecule has 27 heavy (non-hydrogen) atoms. The lowest BCUT2D eigenvalue weighted by Gasteiger charge is -2.13. The van der Waals surface area contributed by atoms with Gasteiger partial charge < -0.3 is 20.8 Å². The Kier molecular flexibility index (Phi) is 5.26. The van der Waals surface area contributed by atoms with Crippen molar-refractivity contribution in [2.75, 3.05) is 7.11 Å². The molecule has 6 nitrogen and oxygen atoms in total. The summed E-state index contributed by atoms with van der Waals surface area (Å²) < 4.78 is 7.24. The van der Waals surface area contributed by atoms with Crippen LogP contribution in [-0.4, -0.2) is 23.5 Å². The molecule has 4 N–H and O–H groups in total. The molecule has 0 spiro atoms. The van der Waals surface area contributed by atoms with Crippen LogP contribution in [-0.2, 0) is 11.3 Å². The minimum absolute atomic E-state index is 0.0285. The average molecular weight is 362 g/mol. The Bertz CT molecular complexity index is 1000. The lowest BCUT2D eigenvalue weighted by Crippen LogP contribution is -2.25. The quantitative estimate of drug-likeness (QED) is 0.539. The van der Waals surface area contributed by atoms with E-state index in [1.165, 1.54) is 0 Å². The number of carbonyl (C=O) groups is 1. The summed E-state index contributed by atoms with van der Waals surface area (Å²) in [6, 6.07) is 19.8. The molecule has 3 rings (SSSR count). The lowest BCUT2D eigenvalue weighted by molar-refractivity contribution is -0.118. The second kappa shape index (κ2) is 7.78. The molecule has 0 atom stereocenters.